The molecule has 7 heteroatoms. The molecule has 26 heavy (non-hydrogen) atoms. The fourth-order valence-corrected chi connectivity index (χ4v) is 4.50. The molecule has 1 aromatic rings. The molecule has 3 aliphatic rings. The van der Waals surface area contributed by atoms with Crippen molar-refractivity contribution in [3.63, 3.8) is 0 Å². The van der Waals surface area contributed by atoms with Gasteiger partial charge in [-0.15, -0.1) is 0 Å². The quantitative estimate of drug-likeness (QED) is 0.861. The van der Waals surface area contributed by atoms with Gasteiger partial charge in [-0.3, -0.25) is 9.89 Å². The number of fused-ring (bicyclic) bond motifs is 1. The Balaban J connectivity index is 1.31. The number of nitrogens with one attached hydrogen (secondary N) is 2. The van der Waals surface area contributed by atoms with Gasteiger partial charge in [-0.1, -0.05) is 0 Å². The Bertz CT molecular complexity index is 665. The zero-order chi connectivity index (χ0) is 17.9. The summed E-state index contributed by atoms with van der Waals surface area (Å²) in [6.45, 7) is 3.17. The number of amides is 3. The first-order chi connectivity index (χ1) is 12.7. The summed E-state index contributed by atoms with van der Waals surface area (Å²) in [5.41, 5.74) is 3.36. The number of urea groups is 1. The molecule has 0 spiro atoms. The van der Waals surface area contributed by atoms with Crippen LogP contribution in [0.15, 0.2) is 0 Å². The maximum Gasteiger partial charge on any atom is 0.320 e. The smallest absolute Gasteiger partial charge is 0.320 e. The number of aromatic nitrogens is 2. The molecule has 2 saturated heterocycles. The number of H-pyrrole nitrogens is 1. The van der Waals surface area contributed by atoms with E-state index in [-0.39, 0.29) is 18.0 Å². The molecule has 3 heterocycles. The average molecular weight is 359 g/mol. The second-order valence-electron chi connectivity index (χ2n) is 7.84. The first kappa shape index (κ1) is 17.4. The summed E-state index contributed by atoms with van der Waals surface area (Å²) in [4.78, 5) is 28.9. The maximum absolute atomic E-state index is 12.6. The Morgan fingerprint density at radius 1 is 1.04 bits per heavy atom. The molecule has 1 aromatic heterocycles. The van der Waals surface area contributed by atoms with E-state index < -0.39 is 0 Å². The number of rotatable bonds is 3. The number of carbonyl (C=O) groups excluding carboxylic acids is 2. The molecule has 4 rings (SSSR count). The predicted molar refractivity (Wildman–Crippen MR) is 97.9 cm³/mol. The Morgan fingerprint density at radius 3 is 2.65 bits per heavy atom. The highest BCUT2D eigenvalue weighted by Crippen LogP contribution is 2.22. The number of hydrogen-bond donors (Lipinski definition) is 2. The van der Waals surface area contributed by atoms with Crippen molar-refractivity contribution in [2.75, 3.05) is 26.2 Å². The highest BCUT2D eigenvalue weighted by atomic mass is 16.2. The molecule has 1 atom stereocenters. The van der Waals surface area contributed by atoms with Crippen molar-refractivity contribution in [3.05, 3.63) is 17.0 Å². The van der Waals surface area contributed by atoms with Crippen molar-refractivity contribution in [1.29, 1.82) is 0 Å². The van der Waals surface area contributed by atoms with Crippen LogP contribution in [-0.2, 0) is 24.1 Å². The van der Waals surface area contributed by atoms with E-state index in [2.05, 4.69) is 15.5 Å². The largest absolute Gasteiger partial charge is 0.351 e. The van der Waals surface area contributed by atoms with Crippen LogP contribution < -0.4 is 5.32 Å². The minimum absolute atomic E-state index is 0.0188. The van der Waals surface area contributed by atoms with E-state index in [1.165, 1.54) is 24.1 Å². The summed E-state index contributed by atoms with van der Waals surface area (Å²) in [6, 6.07) is 0.195. The first-order valence-electron chi connectivity index (χ1n) is 10.1. The molecule has 2 fully saturated rings. The molecule has 3 amide bonds. The van der Waals surface area contributed by atoms with Crippen LogP contribution in [0, 0.1) is 0 Å². The van der Waals surface area contributed by atoms with Gasteiger partial charge in [-0.2, -0.15) is 5.10 Å². The number of hydrogen-bond acceptors (Lipinski definition) is 3. The number of aromatic amines is 1. The van der Waals surface area contributed by atoms with E-state index in [0.717, 1.165) is 63.9 Å². The van der Waals surface area contributed by atoms with Crippen molar-refractivity contribution in [3.8, 4) is 0 Å². The predicted octanol–water partition coefficient (Wildman–Crippen LogP) is 1.63. The van der Waals surface area contributed by atoms with Crippen molar-refractivity contribution < 1.29 is 9.59 Å². The molecular formula is C19H29N5O2. The van der Waals surface area contributed by atoms with Gasteiger partial charge in [0.05, 0.1) is 12.1 Å². The average Bonchev–Trinajstić information content (AvgIpc) is 3.32. The highest BCUT2D eigenvalue weighted by Gasteiger charge is 2.29. The monoisotopic (exact) mass is 359 g/mol. The summed E-state index contributed by atoms with van der Waals surface area (Å²) in [6.07, 6.45) is 8.87. The molecule has 0 bridgehead atoms. The molecule has 0 aromatic carbocycles. The third kappa shape index (κ3) is 3.71. The van der Waals surface area contributed by atoms with E-state index in [1.54, 1.807) is 0 Å². The van der Waals surface area contributed by atoms with Gasteiger partial charge in [0.1, 0.15) is 0 Å². The minimum atomic E-state index is 0.0188. The fourth-order valence-electron chi connectivity index (χ4n) is 4.50. The standard InChI is InChI=1S/C19H29N5O2/c25-18(12-17-15-7-1-2-8-16(15)21-22-17)20-14-6-5-11-24(13-14)19(26)23-9-3-4-10-23/h14H,1-13H2,(H,20,25)(H,21,22). The lowest BCUT2D eigenvalue weighted by Gasteiger charge is -2.35. The van der Waals surface area contributed by atoms with E-state index in [4.69, 9.17) is 0 Å². The Kier molecular flexibility index (Phi) is 5.13. The molecule has 0 saturated carbocycles. The summed E-state index contributed by atoms with van der Waals surface area (Å²) >= 11 is 0. The minimum Gasteiger partial charge on any atom is -0.351 e. The van der Waals surface area contributed by atoms with Gasteiger partial charge in [-0.05, 0) is 56.9 Å². The molecule has 142 valence electrons. The molecule has 2 aliphatic heterocycles. The van der Waals surface area contributed by atoms with Crippen molar-refractivity contribution in [1.82, 2.24) is 25.3 Å². The molecule has 7 nitrogen and oxygen atoms in total. The van der Waals surface area contributed by atoms with Crippen LogP contribution in [0.25, 0.3) is 0 Å². The van der Waals surface area contributed by atoms with Crippen molar-refractivity contribution >= 4 is 11.9 Å². The number of nitrogens with zero attached hydrogens (tertiary/aromatic N) is 3. The maximum atomic E-state index is 12.6. The lowest BCUT2D eigenvalue weighted by molar-refractivity contribution is -0.121. The lowest BCUT2D eigenvalue weighted by atomic mass is 9.95. The number of aryl methyl sites for hydroxylation is 1. The van der Waals surface area contributed by atoms with E-state index >= 15 is 0 Å². The molecule has 0 radical (unpaired) electrons. The third-order valence-corrected chi connectivity index (χ3v) is 5.90. The van der Waals surface area contributed by atoms with Crippen LogP contribution in [0.4, 0.5) is 4.79 Å². The Morgan fingerprint density at radius 2 is 1.81 bits per heavy atom. The van der Waals surface area contributed by atoms with Gasteiger partial charge >= 0.3 is 6.03 Å². The van der Waals surface area contributed by atoms with Crippen LogP contribution in [0.3, 0.4) is 0 Å². The van der Waals surface area contributed by atoms with Gasteiger partial charge in [0.2, 0.25) is 5.91 Å². The molecule has 2 N–H and O–H groups in total. The van der Waals surface area contributed by atoms with Crippen LogP contribution >= 0.6 is 0 Å². The van der Waals surface area contributed by atoms with Crippen molar-refractivity contribution in [2.45, 2.75) is 63.8 Å². The number of likely N-dealkylation sites (tertiary alicyclic amines) is 2. The van der Waals surface area contributed by atoms with Gasteiger partial charge in [0.15, 0.2) is 0 Å². The fraction of sp³-hybridized carbons (Fsp3) is 0.737. The van der Waals surface area contributed by atoms with Crippen LogP contribution in [0.5, 0.6) is 0 Å². The van der Waals surface area contributed by atoms with E-state index in [1.807, 2.05) is 9.80 Å². The van der Waals surface area contributed by atoms with E-state index in [9.17, 15) is 9.59 Å². The van der Waals surface area contributed by atoms with Gasteiger partial charge in [-0.25, -0.2) is 4.79 Å². The van der Waals surface area contributed by atoms with Crippen LogP contribution in [0.2, 0.25) is 0 Å². The van der Waals surface area contributed by atoms with Gasteiger partial charge < -0.3 is 15.1 Å². The molecule has 1 aliphatic carbocycles. The zero-order valence-electron chi connectivity index (χ0n) is 15.4. The summed E-state index contributed by atoms with van der Waals surface area (Å²) in [5.74, 6) is 0.0188. The van der Waals surface area contributed by atoms with Gasteiger partial charge in [0, 0.05) is 37.9 Å². The van der Waals surface area contributed by atoms with Crippen LogP contribution in [-0.4, -0.2) is 64.2 Å². The first-order valence-corrected chi connectivity index (χ1v) is 10.1. The molecular weight excluding hydrogens is 330 g/mol. The lowest BCUT2D eigenvalue weighted by Crippen LogP contribution is -2.52. The third-order valence-electron chi connectivity index (χ3n) is 5.90. The second kappa shape index (κ2) is 7.68. The normalized spacial score (nSPS) is 23.0. The van der Waals surface area contributed by atoms with Gasteiger partial charge in [0.25, 0.3) is 0 Å². The number of piperidine rings is 1. The summed E-state index contributed by atoms with van der Waals surface area (Å²) in [7, 11) is 0. The van der Waals surface area contributed by atoms with Crippen molar-refractivity contribution in [2.24, 2.45) is 0 Å². The van der Waals surface area contributed by atoms with Crippen LogP contribution in [0.1, 0.15) is 55.5 Å². The highest BCUT2D eigenvalue weighted by molar-refractivity contribution is 5.79. The Hall–Kier alpha value is -2.05. The summed E-state index contributed by atoms with van der Waals surface area (Å²) < 4.78 is 0. The SMILES string of the molecule is O=C(Cc1n[nH]c2c1CCCC2)NC1CCCN(C(=O)N2CCCC2)C1. The molecule has 1 unspecified atom stereocenters. The topological polar surface area (TPSA) is 81.3 Å². The number of carbonyl (C=O) groups is 2. The summed E-state index contributed by atoms with van der Waals surface area (Å²) in [5, 5.41) is 10.6. The Labute approximate surface area is 154 Å². The zero-order valence-corrected chi connectivity index (χ0v) is 15.4. The van der Waals surface area contributed by atoms with E-state index in [0.29, 0.717) is 13.0 Å². The second-order valence-corrected chi connectivity index (χ2v) is 7.84.